The second kappa shape index (κ2) is 59.4. The molecule has 2 unspecified atom stereocenters. The van der Waals surface area contributed by atoms with Gasteiger partial charge < -0.3 is 15.5 Å². The number of amides is 1. The van der Waals surface area contributed by atoms with Crippen molar-refractivity contribution in [2.75, 3.05) is 6.61 Å². The molecule has 0 spiro atoms. The Kier molecular flexibility index (Phi) is 57.7. The molecular formula is C64H119NO3. The lowest BCUT2D eigenvalue weighted by atomic mass is 10.0. The van der Waals surface area contributed by atoms with E-state index in [-0.39, 0.29) is 12.5 Å². The third-order valence-corrected chi connectivity index (χ3v) is 14.0. The predicted molar refractivity (Wildman–Crippen MR) is 304 cm³/mol. The van der Waals surface area contributed by atoms with Gasteiger partial charge in [0.05, 0.1) is 18.8 Å². The van der Waals surface area contributed by atoms with Crippen LogP contribution in [-0.4, -0.2) is 34.9 Å². The highest BCUT2D eigenvalue weighted by Crippen LogP contribution is 2.17. The number of rotatable bonds is 56. The summed E-state index contributed by atoms with van der Waals surface area (Å²) in [5.41, 5.74) is 0. The average Bonchev–Trinajstić information content (AvgIpc) is 3.34. The number of aliphatic hydroxyl groups excluding tert-OH is 2. The smallest absolute Gasteiger partial charge is 0.220 e. The Bertz CT molecular complexity index is 1120. The van der Waals surface area contributed by atoms with Gasteiger partial charge in [0.1, 0.15) is 0 Å². The molecule has 0 aromatic carbocycles. The largest absolute Gasteiger partial charge is 0.394 e. The first kappa shape index (κ1) is 66.1. The lowest BCUT2D eigenvalue weighted by molar-refractivity contribution is -0.123. The van der Waals surface area contributed by atoms with Crippen LogP contribution < -0.4 is 5.32 Å². The molecule has 0 aliphatic carbocycles. The fourth-order valence-corrected chi connectivity index (χ4v) is 9.30. The maximum atomic E-state index is 12.5. The van der Waals surface area contributed by atoms with Crippen LogP contribution in [0.2, 0.25) is 0 Å². The van der Waals surface area contributed by atoms with Gasteiger partial charge >= 0.3 is 0 Å². The predicted octanol–water partition coefficient (Wildman–Crippen LogP) is 20.4. The zero-order valence-corrected chi connectivity index (χ0v) is 45.9. The van der Waals surface area contributed by atoms with E-state index in [2.05, 4.69) is 67.8 Å². The van der Waals surface area contributed by atoms with E-state index in [9.17, 15) is 15.0 Å². The van der Waals surface area contributed by atoms with Crippen LogP contribution in [0.15, 0.2) is 60.8 Å². The van der Waals surface area contributed by atoms with Crippen LogP contribution in [0, 0.1) is 0 Å². The van der Waals surface area contributed by atoms with Gasteiger partial charge in [0.15, 0.2) is 0 Å². The minimum atomic E-state index is -0.869. The first-order valence-electron chi connectivity index (χ1n) is 30.5. The summed E-state index contributed by atoms with van der Waals surface area (Å²) in [6.07, 6.45) is 84.2. The van der Waals surface area contributed by atoms with Crippen molar-refractivity contribution >= 4 is 5.91 Å². The molecule has 68 heavy (non-hydrogen) atoms. The van der Waals surface area contributed by atoms with Crippen molar-refractivity contribution in [3.05, 3.63) is 60.8 Å². The van der Waals surface area contributed by atoms with E-state index < -0.39 is 12.1 Å². The zero-order chi connectivity index (χ0) is 49.2. The van der Waals surface area contributed by atoms with Crippen molar-refractivity contribution in [2.24, 2.45) is 0 Å². The van der Waals surface area contributed by atoms with Gasteiger partial charge in [-0.2, -0.15) is 0 Å². The highest BCUT2D eigenvalue weighted by atomic mass is 16.3. The van der Waals surface area contributed by atoms with E-state index in [1.165, 1.54) is 257 Å². The van der Waals surface area contributed by atoms with Crippen molar-refractivity contribution in [2.45, 2.75) is 334 Å². The molecule has 0 radical (unpaired) electrons. The van der Waals surface area contributed by atoms with E-state index in [0.29, 0.717) is 6.42 Å². The van der Waals surface area contributed by atoms with Gasteiger partial charge in [-0.25, -0.2) is 0 Å². The summed E-state index contributed by atoms with van der Waals surface area (Å²) in [6, 6.07) is -0.645. The fourth-order valence-electron chi connectivity index (χ4n) is 9.30. The Labute approximate surface area is 426 Å². The molecular weight excluding hydrogens is 831 g/mol. The molecule has 0 aromatic rings. The molecule has 398 valence electrons. The summed E-state index contributed by atoms with van der Waals surface area (Å²) in [5.74, 6) is -0.0741. The van der Waals surface area contributed by atoms with E-state index >= 15 is 0 Å². The molecule has 2 atom stereocenters. The molecule has 0 rings (SSSR count). The molecule has 0 aliphatic heterocycles. The normalized spacial score (nSPS) is 13.2. The van der Waals surface area contributed by atoms with Crippen molar-refractivity contribution < 1.29 is 15.0 Å². The van der Waals surface area contributed by atoms with Crippen molar-refractivity contribution in [3.63, 3.8) is 0 Å². The Morgan fingerprint density at radius 1 is 0.353 bits per heavy atom. The summed E-state index contributed by atoms with van der Waals surface area (Å²) in [4.78, 5) is 12.5. The molecule has 0 aromatic heterocycles. The number of hydrogen-bond donors (Lipinski definition) is 3. The number of carbonyl (C=O) groups excluding carboxylic acids is 1. The topological polar surface area (TPSA) is 69.6 Å². The molecule has 3 N–H and O–H groups in total. The van der Waals surface area contributed by atoms with Gasteiger partial charge in [0.2, 0.25) is 5.91 Å². The van der Waals surface area contributed by atoms with Gasteiger partial charge in [0.25, 0.3) is 0 Å². The van der Waals surface area contributed by atoms with E-state index in [1.54, 1.807) is 6.08 Å². The average molecular weight is 951 g/mol. The number of aliphatic hydroxyl groups is 2. The monoisotopic (exact) mass is 950 g/mol. The van der Waals surface area contributed by atoms with Gasteiger partial charge in [-0.1, -0.05) is 299 Å². The lowest BCUT2D eigenvalue weighted by Gasteiger charge is -2.19. The first-order valence-corrected chi connectivity index (χ1v) is 30.5. The molecule has 0 saturated carbocycles. The highest BCUT2D eigenvalue weighted by molar-refractivity contribution is 5.76. The van der Waals surface area contributed by atoms with Gasteiger partial charge in [0, 0.05) is 6.42 Å². The van der Waals surface area contributed by atoms with Crippen molar-refractivity contribution in [3.8, 4) is 0 Å². The van der Waals surface area contributed by atoms with E-state index in [4.69, 9.17) is 0 Å². The standard InChI is InChI=1S/C64H119NO3/c1-3-5-7-9-11-13-15-17-19-20-21-22-23-24-25-26-27-28-29-30-31-32-33-34-35-36-37-38-39-40-41-42-43-44-46-48-50-52-54-56-58-60-64(68)65-62(61-66)63(67)59-57-55-53-51-49-47-45-18-16-14-12-10-8-6-4-2/h15-18,20-21,49,51,57,59,62-63,66-67H,3-14,19,22-48,50,52-56,58,60-61H2,1-2H3,(H,65,68)/b17-15-,18-16+,21-20-,51-49+,59-57+. The zero-order valence-electron chi connectivity index (χ0n) is 45.9. The Morgan fingerprint density at radius 3 is 0.941 bits per heavy atom. The van der Waals surface area contributed by atoms with Crippen molar-refractivity contribution in [1.82, 2.24) is 5.32 Å². The third-order valence-electron chi connectivity index (χ3n) is 14.0. The maximum Gasteiger partial charge on any atom is 0.220 e. The number of carbonyl (C=O) groups is 1. The molecule has 0 aliphatic rings. The summed E-state index contributed by atoms with van der Waals surface area (Å²) >= 11 is 0. The second-order valence-corrected chi connectivity index (χ2v) is 20.7. The summed E-state index contributed by atoms with van der Waals surface area (Å²) in [6.45, 7) is 4.28. The third kappa shape index (κ3) is 55.0. The minimum Gasteiger partial charge on any atom is -0.394 e. The van der Waals surface area contributed by atoms with Gasteiger partial charge in [-0.3, -0.25) is 4.79 Å². The van der Waals surface area contributed by atoms with Crippen LogP contribution in [-0.2, 0) is 4.79 Å². The van der Waals surface area contributed by atoms with Gasteiger partial charge in [-0.05, 0) is 77.0 Å². The molecule has 1 amide bonds. The first-order chi connectivity index (χ1) is 33.7. The quantitative estimate of drug-likeness (QED) is 0.0420. The minimum absolute atomic E-state index is 0.0741. The molecule has 0 heterocycles. The highest BCUT2D eigenvalue weighted by Gasteiger charge is 2.18. The molecule has 0 fully saturated rings. The maximum absolute atomic E-state index is 12.5. The Balaban J connectivity index is 3.40. The van der Waals surface area contributed by atoms with Crippen LogP contribution in [0.4, 0.5) is 0 Å². The molecule has 4 heteroatoms. The van der Waals surface area contributed by atoms with Crippen LogP contribution in [0.25, 0.3) is 0 Å². The Morgan fingerprint density at radius 2 is 0.618 bits per heavy atom. The summed E-state index contributed by atoms with van der Waals surface area (Å²) < 4.78 is 0. The van der Waals surface area contributed by atoms with Crippen LogP contribution in [0.1, 0.15) is 322 Å². The molecule has 0 bridgehead atoms. The van der Waals surface area contributed by atoms with E-state index in [0.717, 1.165) is 44.9 Å². The fraction of sp³-hybridized carbons (Fsp3) is 0.828. The summed E-state index contributed by atoms with van der Waals surface area (Å²) in [5, 5.41) is 23.1. The lowest BCUT2D eigenvalue weighted by Crippen LogP contribution is -2.45. The molecule has 4 nitrogen and oxygen atoms in total. The van der Waals surface area contributed by atoms with Crippen LogP contribution >= 0.6 is 0 Å². The summed E-state index contributed by atoms with van der Waals surface area (Å²) in [7, 11) is 0. The number of hydrogen-bond acceptors (Lipinski definition) is 3. The van der Waals surface area contributed by atoms with Crippen molar-refractivity contribution in [1.29, 1.82) is 0 Å². The second-order valence-electron chi connectivity index (χ2n) is 20.7. The van der Waals surface area contributed by atoms with E-state index in [1.807, 2.05) is 6.08 Å². The van der Waals surface area contributed by atoms with Crippen LogP contribution in [0.3, 0.4) is 0 Å². The number of allylic oxidation sites excluding steroid dienone is 9. The Hall–Kier alpha value is -1.91. The SMILES string of the molecule is CCCCCCC/C=C\C/C=C\CCCCCCCCCCCCCCCCCCCCCCCCCCCCCCCC(=O)NC(CO)C(O)/C=C/CC/C=C/CC/C=C/CCCCCCC. The number of unbranched alkanes of at least 4 members (excludes halogenated alkanes) is 41. The number of nitrogens with one attached hydrogen (secondary N) is 1. The van der Waals surface area contributed by atoms with Crippen LogP contribution in [0.5, 0.6) is 0 Å². The molecule has 0 saturated heterocycles. The van der Waals surface area contributed by atoms with Gasteiger partial charge in [-0.15, -0.1) is 0 Å².